The summed E-state index contributed by atoms with van der Waals surface area (Å²) in [6.07, 6.45) is 0. The first-order valence-electron chi connectivity index (χ1n) is 8.39. The van der Waals surface area contributed by atoms with E-state index in [1.165, 1.54) is 4.68 Å². The fourth-order valence-corrected chi connectivity index (χ4v) is 3.32. The van der Waals surface area contributed by atoms with Crippen LogP contribution in [0.3, 0.4) is 0 Å². The molecule has 0 spiro atoms. The molecule has 0 atom stereocenters. The quantitative estimate of drug-likeness (QED) is 0.701. The number of morpholine rings is 1. The normalized spacial score (nSPS) is 15.2. The summed E-state index contributed by atoms with van der Waals surface area (Å²) in [6, 6.07) is 7.97. The Hall–Kier alpha value is -2.67. The molecule has 130 valence electrons. The fraction of sp³-hybridized carbons (Fsp3) is 0.389. The van der Waals surface area contributed by atoms with E-state index in [0.29, 0.717) is 32.0 Å². The van der Waals surface area contributed by atoms with Crippen LogP contribution in [0.2, 0.25) is 0 Å². The number of fused-ring (bicyclic) bond motifs is 3. The number of amides is 1. The molecule has 1 aliphatic heterocycles. The van der Waals surface area contributed by atoms with E-state index in [1.807, 2.05) is 38.1 Å². The highest BCUT2D eigenvalue weighted by Gasteiger charge is 2.20. The van der Waals surface area contributed by atoms with E-state index in [0.717, 1.165) is 22.0 Å². The van der Waals surface area contributed by atoms with Crippen LogP contribution < -0.4 is 5.69 Å². The second kappa shape index (κ2) is 6.00. The van der Waals surface area contributed by atoms with Crippen molar-refractivity contribution in [3.8, 4) is 0 Å². The lowest BCUT2D eigenvalue weighted by Gasteiger charge is -2.26. The first-order valence-corrected chi connectivity index (χ1v) is 8.39. The molecule has 0 N–H and O–H groups in total. The van der Waals surface area contributed by atoms with Crippen LogP contribution in [-0.2, 0) is 16.1 Å². The minimum Gasteiger partial charge on any atom is -0.378 e. The van der Waals surface area contributed by atoms with Crippen LogP contribution in [0.5, 0.6) is 0 Å². The molecular weight excluding hydrogens is 320 g/mol. The smallest absolute Gasteiger partial charge is 0.351 e. The summed E-state index contributed by atoms with van der Waals surface area (Å²) in [5.41, 5.74) is 3.16. The third-order valence-corrected chi connectivity index (χ3v) is 4.64. The van der Waals surface area contributed by atoms with Gasteiger partial charge in [0.1, 0.15) is 6.54 Å². The van der Waals surface area contributed by atoms with Crippen molar-refractivity contribution in [2.45, 2.75) is 20.4 Å². The number of aromatic nitrogens is 3. The average molecular weight is 340 g/mol. The molecule has 1 aromatic carbocycles. The molecule has 1 fully saturated rings. The maximum absolute atomic E-state index is 12.9. The van der Waals surface area contributed by atoms with Gasteiger partial charge in [0, 0.05) is 13.1 Å². The Morgan fingerprint density at radius 1 is 1.20 bits per heavy atom. The Morgan fingerprint density at radius 2 is 1.96 bits per heavy atom. The summed E-state index contributed by atoms with van der Waals surface area (Å²) >= 11 is 0. The molecule has 4 rings (SSSR count). The van der Waals surface area contributed by atoms with Gasteiger partial charge in [-0.25, -0.2) is 13.9 Å². The molecule has 0 saturated carbocycles. The number of rotatable bonds is 2. The lowest BCUT2D eigenvalue weighted by atomic mass is 10.1. The van der Waals surface area contributed by atoms with Crippen LogP contribution in [0.15, 0.2) is 29.1 Å². The van der Waals surface area contributed by atoms with Crippen molar-refractivity contribution in [1.29, 1.82) is 0 Å². The number of aryl methyl sites for hydroxylation is 2. The summed E-state index contributed by atoms with van der Waals surface area (Å²) in [4.78, 5) is 27.0. The summed E-state index contributed by atoms with van der Waals surface area (Å²) in [6.45, 7) is 6.09. The van der Waals surface area contributed by atoms with Gasteiger partial charge in [0.05, 0.1) is 18.7 Å². The maximum atomic E-state index is 12.9. The number of carbonyl (C=O) groups is 1. The van der Waals surface area contributed by atoms with E-state index in [4.69, 9.17) is 4.74 Å². The predicted molar refractivity (Wildman–Crippen MR) is 93.8 cm³/mol. The molecule has 1 aliphatic rings. The van der Waals surface area contributed by atoms with E-state index in [-0.39, 0.29) is 18.1 Å². The number of nitrogens with zero attached hydrogens (tertiary/aromatic N) is 4. The Morgan fingerprint density at radius 3 is 2.72 bits per heavy atom. The van der Waals surface area contributed by atoms with Crippen molar-refractivity contribution < 1.29 is 9.53 Å². The Bertz CT molecular complexity index is 1030. The summed E-state index contributed by atoms with van der Waals surface area (Å²) in [5, 5.41) is 5.40. The van der Waals surface area contributed by atoms with Crippen LogP contribution in [0.4, 0.5) is 0 Å². The van der Waals surface area contributed by atoms with E-state index in [2.05, 4.69) is 5.10 Å². The predicted octanol–water partition coefficient (Wildman–Crippen LogP) is 1.12. The third kappa shape index (κ3) is 2.70. The highest BCUT2D eigenvalue weighted by atomic mass is 16.5. The molecule has 0 radical (unpaired) electrons. The third-order valence-electron chi connectivity index (χ3n) is 4.64. The van der Waals surface area contributed by atoms with E-state index >= 15 is 0 Å². The standard InChI is InChI=1S/C18H20N4O3/c1-12-3-4-15-14(9-12)10-13(2)17-19-21(18(24)22(15)17)11-16(23)20-5-7-25-8-6-20/h3-4,9-10H,5-8,11H2,1-2H3. The first-order chi connectivity index (χ1) is 12.0. The first kappa shape index (κ1) is 15.8. The molecule has 0 aliphatic carbocycles. The van der Waals surface area contributed by atoms with Gasteiger partial charge in [0.15, 0.2) is 5.65 Å². The van der Waals surface area contributed by atoms with Gasteiger partial charge in [-0.05, 0) is 43.0 Å². The molecule has 25 heavy (non-hydrogen) atoms. The van der Waals surface area contributed by atoms with Crippen molar-refractivity contribution in [3.63, 3.8) is 0 Å². The van der Waals surface area contributed by atoms with Gasteiger partial charge in [-0.3, -0.25) is 4.79 Å². The average Bonchev–Trinajstić information content (AvgIpc) is 2.93. The number of ether oxygens (including phenoxy) is 1. The molecule has 2 aromatic heterocycles. The van der Waals surface area contributed by atoms with Crippen molar-refractivity contribution in [1.82, 2.24) is 19.1 Å². The molecular formula is C18H20N4O3. The number of hydrogen-bond acceptors (Lipinski definition) is 4. The minimum absolute atomic E-state index is 0.0483. The van der Waals surface area contributed by atoms with Gasteiger partial charge in [-0.15, -0.1) is 5.10 Å². The summed E-state index contributed by atoms with van der Waals surface area (Å²) in [5.74, 6) is -0.105. The molecule has 3 aromatic rings. The Labute approximate surface area is 144 Å². The maximum Gasteiger partial charge on any atom is 0.351 e. The number of carbonyl (C=O) groups excluding carboxylic acids is 1. The van der Waals surface area contributed by atoms with Crippen LogP contribution in [0.25, 0.3) is 16.6 Å². The largest absolute Gasteiger partial charge is 0.378 e. The molecule has 1 amide bonds. The summed E-state index contributed by atoms with van der Waals surface area (Å²) in [7, 11) is 0. The highest BCUT2D eigenvalue weighted by Crippen LogP contribution is 2.19. The van der Waals surface area contributed by atoms with Crippen molar-refractivity contribution in [3.05, 3.63) is 45.9 Å². The second-order valence-corrected chi connectivity index (χ2v) is 6.48. The van der Waals surface area contributed by atoms with Crippen molar-refractivity contribution in [2.24, 2.45) is 0 Å². The zero-order valence-electron chi connectivity index (χ0n) is 14.4. The van der Waals surface area contributed by atoms with Crippen molar-refractivity contribution in [2.75, 3.05) is 26.3 Å². The van der Waals surface area contributed by atoms with Gasteiger partial charge in [0.25, 0.3) is 0 Å². The lowest BCUT2D eigenvalue weighted by Crippen LogP contribution is -2.43. The van der Waals surface area contributed by atoms with E-state index < -0.39 is 0 Å². The van der Waals surface area contributed by atoms with Crippen LogP contribution in [0.1, 0.15) is 11.1 Å². The second-order valence-electron chi connectivity index (χ2n) is 6.48. The number of pyridine rings is 1. The van der Waals surface area contributed by atoms with Crippen molar-refractivity contribution >= 4 is 22.5 Å². The number of hydrogen-bond donors (Lipinski definition) is 0. The van der Waals surface area contributed by atoms with Gasteiger partial charge in [-0.1, -0.05) is 11.6 Å². The fourth-order valence-electron chi connectivity index (χ4n) is 3.32. The van der Waals surface area contributed by atoms with Crippen LogP contribution in [-0.4, -0.2) is 51.3 Å². The molecule has 7 heteroatoms. The van der Waals surface area contributed by atoms with Gasteiger partial charge in [0.2, 0.25) is 5.91 Å². The monoisotopic (exact) mass is 340 g/mol. The Balaban J connectivity index is 1.79. The van der Waals surface area contributed by atoms with Crippen LogP contribution >= 0.6 is 0 Å². The molecule has 0 unspecified atom stereocenters. The van der Waals surface area contributed by atoms with E-state index in [1.54, 1.807) is 9.30 Å². The zero-order valence-corrected chi connectivity index (χ0v) is 14.4. The summed E-state index contributed by atoms with van der Waals surface area (Å²) < 4.78 is 8.12. The minimum atomic E-state index is -0.283. The number of benzene rings is 1. The van der Waals surface area contributed by atoms with Gasteiger partial charge in [-0.2, -0.15) is 0 Å². The van der Waals surface area contributed by atoms with Crippen LogP contribution in [0, 0.1) is 13.8 Å². The van der Waals surface area contributed by atoms with E-state index in [9.17, 15) is 9.59 Å². The lowest BCUT2D eigenvalue weighted by molar-refractivity contribution is -0.136. The topological polar surface area (TPSA) is 68.8 Å². The molecule has 0 bridgehead atoms. The zero-order chi connectivity index (χ0) is 17.6. The molecule has 7 nitrogen and oxygen atoms in total. The highest BCUT2D eigenvalue weighted by molar-refractivity contribution is 5.84. The Kier molecular flexibility index (Phi) is 3.80. The van der Waals surface area contributed by atoms with Gasteiger partial charge < -0.3 is 9.64 Å². The molecule has 1 saturated heterocycles. The SMILES string of the molecule is Cc1ccc2c(c1)cc(C)c1nn(CC(=O)N3CCOCC3)c(=O)n12. The molecule has 3 heterocycles. The van der Waals surface area contributed by atoms with Gasteiger partial charge >= 0.3 is 5.69 Å².